The molecule has 1 heterocycles. The van der Waals surface area contributed by atoms with Crippen molar-refractivity contribution in [3.8, 4) is 0 Å². The minimum absolute atomic E-state index is 0.0516. The number of hydrogen-bond acceptors (Lipinski definition) is 2. The molecule has 1 aromatic rings. The van der Waals surface area contributed by atoms with Gasteiger partial charge in [0, 0.05) is 15.7 Å². The van der Waals surface area contributed by atoms with Crippen LogP contribution in [0.2, 0.25) is 0 Å². The van der Waals surface area contributed by atoms with Crippen molar-refractivity contribution >= 4 is 27.5 Å². The molecule has 0 saturated heterocycles. The molecule has 1 unspecified atom stereocenters. The molecule has 0 fully saturated rings. The van der Waals surface area contributed by atoms with Gasteiger partial charge in [0.15, 0.2) is 0 Å². The molecule has 0 spiro atoms. The molecule has 1 aromatic carbocycles. The predicted molar refractivity (Wildman–Crippen MR) is 84.7 cm³/mol. The van der Waals surface area contributed by atoms with E-state index in [0.29, 0.717) is 0 Å². The van der Waals surface area contributed by atoms with Crippen molar-refractivity contribution < 1.29 is 4.79 Å². The van der Waals surface area contributed by atoms with Crippen LogP contribution in [0.5, 0.6) is 0 Å². The van der Waals surface area contributed by atoms with Gasteiger partial charge < -0.3 is 10.6 Å². The van der Waals surface area contributed by atoms with Gasteiger partial charge in [-0.3, -0.25) is 4.79 Å². The lowest BCUT2D eigenvalue weighted by Gasteiger charge is -2.15. The quantitative estimate of drug-likeness (QED) is 0.819. The second-order valence-electron chi connectivity index (χ2n) is 5.47. The summed E-state index contributed by atoms with van der Waals surface area (Å²) in [5.41, 5.74) is 3.51. The third-order valence-corrected chi connectivity index (χ3v) is 4.52. The lowest BCUT2D eigenvalue weighted by molar-refractivity contribution is -0.117. The summed E-state index contributed by atoms with van der Waals surface area (Å²) in [7, 11) is 0. The number of halogens is 1. The number of hydrogen-bond donors (Lipinski definition) is 2. The first-order valence-corrected chi connectivity index (χ1v) is 8.05. The van der Waals surface area contributed by atoms with Gasteiger partial charge >= 0.3 is 0 Å². The summed E-state index contributed by atoms with van der Waals surface area (Å²) in [4.78, 5) is 12.0. The Labute approximate surface area is 128 Å². The maximum absolute atomic E-state index is 12.0. The van der Waals surface area contributed by atoms with Crippen LogP contribution in [-0.2, 0) is 4.79 Å². The molecule has 20 heavy (non-hydrogen) atoms. The van der Waals surface area contributed by atoms with Crippen LogP contribution in [0, 0.1) is 0 Å². The van der Waals surface area contributed by atoms with Crippen molar-refractivity contribution in [2.24, 2.45) is 0 Å². The second kappa shape index (κ2) is 6.10. The van der Waals surface area contributed by atoms with Gasteiger partial charge in [0.05, 0.1) is 0 Å². The van der Waals surface area contributed by atoms with Crippen molar-refractivity contribution in [2.75, 3.05) is 11.9 Å². The zero-order chi connectivity index (χ0) is 13.9. The molecular weight excluding hydrogens is 316 g/mol. The Kier molecular flexibility index (Phi) is 4.22. The Bertz CT molecular complexity index is 553. The number of fused-ring (bicyclic) bond motifs is 1. The molecule has 2 N–H and O–H groups in total. The van der Waals surface area contributed by atoms with Crippen LogP contribution in [0.15, 0.2) is 34.3 Å². The maximum Gasteiger partial charge on any atom is 0.246 e. The molecule has 4 heteroatoms. The minimum atomic E-state index is -0.216. The van der Waals surface area contributed by atoms with Gasteiger partial charge in [-0.15, -0.1) is 0 Å². The molecule has 2 aliphatic rings. The molecule has 3 rings (SSSR count). The third-order valence-electron chi connectivity index (χ3n) is 4.02. The van der Waals surface area contributed by atoms with E-state index in [9.17, 15) is 4.79 Å². The highest BCUT2D eigenvalue weighted by Crippen LogP contribution is 2.33. The molecule has 1 aliphatic carbocycles. The summed E-state index contributed by atoms with van der Waals surface area (Å²) < 4.78 is 1.01. The van der Waals surface area contributed by atoms with Gasteiger partial charge in [0.1, 0.15) is 6.04 Å². The minimum Gasteiger partial charge on any atom is -0.324 e. The van der Waals surface area contributed by atoms with Crippen LogP contribution in [-0.4, -0.2) is 12.5 Å². The fourth-order valence-electron chi connectivity index (χ4n) is 2.94. The molecule has 1 atom stereocenters. The number of rotatable bonds is 4. The highest BCUT2D eigenvalue weighted by atomic mass is 79.9. The van der Waals surface area contributed by atoms with Crippen molar-refractivity contribution in [1.82, 2.24) is 5.32 Å². The molecule has 0 radical (unpaired) electrons. The Balaban J connectivity index is 1.62. The topological polar surface area (TPSA) is 41.1 Å². The fourth-order valence-corrected chi connectivity index (χ4v) is 3.32. The van der Waals surface area contributed by atoms with Crippen LogP contribution < -0.4 is 10.6 Å². The van der Waals surface area contributed by atoms with Crippen molar-refractivity contribution in [1.29, 1.82) is 0 Å². The van der Waals surface area contributed by atoms with E-state index >= 15 is 0 Å². The summed E-state index contributed by atoms with van der Waals surface area (Å²) in [6, 6.07) is 5.70. The Morgan fingerprint density at radius 1 is 1.35 bits per heavy atom. The zero-order valence-electron chi connectivity index (χ0n) is 11.4. The first-order chi connectivity index (χ1) is 9.74. The lowest BCUT2D eigenvalue weighted by atomic mass is 9.97. The first-order valence-electron chi connectivity index (χ1n) is 7.25. The summed E-state index contributed by atoms with van der Waals surface area (Å²) >= 11 is 3.47. The normalized spacial score (nSPS) is 21.4. The van der Waals surface area contributed by atoms with Crippen LogP contribution in [0.1, 0.15) is 43.7 Å². The van der Waals surface area contributed by atoms with Crippen LogP contribution in [0.25, 0.3) is 0 Å². The molecule has 1 amide bonds. The number of amides is 1. The molecule has 1 aliphatic heterocycles. The number of allylic oxidation sites excluding steroid dienone is 1. The lowest BCUT2D eigenvalue weighted by Crippen LogP contribution is -2.28. The monoisotopic (exact) mass is 334 g/mol. The smallest absolute Gasteiger partial charge is 0.246 e. The van der Waals surface area contributed by atoms with Gasteiger partial charge in [0.25, 0.3) is 0 Å². The van der Waals surface area contributed by atoms with Crippen molar-refractivity contribution in [3.63, 3.8) is 0 Å². The van der Waals surface area contributed by atoms with Crippen LogP contribution in [0.4, 0.5) is 5.69 Å². The molecule has 0 bridgehead atoms. The number of benzene rings is 1. The van der Waals surface area contributed by atoms with E-state index in [1.807, 2.05) is 18.2 Å². The maximum atomic E-state index is 12.0. The van der Waals surface area contributed by atoms with E-state index < -0.39 is 0 Å². The Morgan fingerprint density at radius 2 is 2.25 bits per heavy atom. The van der Waals surface area contributed by atoms with E-state index in [2.05, 4.69) is 32.6 Å². The summed E-state index contributed by atoms with van der Waals surface area (Å²) in [6.07, 6.45) is 8.49. The highest BCUT2D eigenvalue weighted by Gasteiger charge is 2.29. The van der Waals surface area contributed by atoms with E-state index in [1.54, 1.807) is 0 Å². The standard InChI is InChI=1S/C16H19BrN2O/c17-12-6-7-14-13(10-12)15(16(20)19-14)18-9-8-11-4-2-1-3-5-11/h4,6-7,10,15,18H,1-3,5,8-9H2,(H,19,20). The number of anilines is 1. The molecular formula is C16H19BrN2O. The van der Waals surface area contributed by atoms with Crippen LogP contribution >= 0.6 is 15.9 Å². The summed E-state index contributed by atoms with van der Waals surface area (Å²) in [6.45, 7) is 0.857. The van der Waals surface area contributed by atoms with Gasteiger partial charge in [-0.1, -0.05) is 27.6 Å². The average molecular weight is 335 g/mol. The molecule has 0 saturated carbocycles. The van der Waals surface area contributed by atoms with E-state index in [-0.39, 0.29) is 11.9 Å². The molecule has 3 nitrogen and oxygen atoms in total. The Hall–Kier alpha value is -1.13. The van der Waals surface area contributed by atoms with Crippen LogP contribution in [0.3, 0.4) is 0 Å². The van der Waals surface area contributed by atoms with Crippen molar-refractivity contribution in [3.05, 3.63) is 39.9 Å². The summed E-state index contributed by atoms with van der Waals surface area (Å²) in [5.74, 6) is 0.0516. The van der Waals surface area contributed by atoms with E-state index in [4.69, 9.17) is 0 Å². The summed E-state index contributed by atoms with van der Waals surface area (Å²) in [5, 5.41) is 6.31. The molecule has 0 aromatic heterocycles. The Morgan fingerprint density at radius 3 is 3.05 bits per heavy atom. The van der Waals surface area contributed by atoms with E-state index in [0.717, 1.165) is 28.7 Å². The highest BCUT2D eigenvalue weighted by molar-refractivity contribution is 9.10. The predicted octanol–water partition coefficient (Wildman–Crippen LogP) is 3.92. The number of carbonyl (C=O) groups is 1. The van der Waals surface area contributed by atoms with Gasteiger partial charge in [-0.2, -0.15) is 0 Å². The first kappa shape index (κ1) is 13.8. The zero-order valence-corrected chi connectivity index (χ0v) is 13.0. The van der Waals surface area contributed by atoms with Gasteiger partial charge in [-0.25, -0.2) is 0 Å². The second-order valence-corrected chi connectivity index (χ2v) is 6.38. The number of nitrogens with one attached hydrogen (secondary N) is 2. The van der Waals surface area contributed by atoms with Gasteiger partial charge in [-0.05, 0) is 56.8 Å². The van der Waals surface area contributed by atoms with Gasteiger partial charge in [0.2, 0.25) is 5.91 Å². The third kappa shape index (κ3) is 2.96. The van der Waals surface area contributed by atoms with Crippen molar-refractivity contribution in [2.45, 2.75) is 38.1 Å². The largest absolute Gasteiger partial charge is 0.324 e. The average Bonchev–Trinajstić information content (AvgIpc) is 2.76. The fraction of sp³-hybridized carbons (Fsp3) is 0.438. The SMILES string of the molecule is O=C1Nc2ccc(Br)cc2C1NCCC1=CCCCC1. The number of carbonyl (C=O) groups excluding carboxylic acids is 1. The molecule has 106 valence electrons. The van der Waals surface area contributed by atoms with E-state index in [1.165, 1.54) is 31.3 Å².